The first-order valence-corrected chi connectivity index (χ1v) is 14.7. The molecule has 2 bridgehead atoms. The van der Waals surface area contributed by atoms with Gasteiger partial charge in [-0.1, -0.05) is 12.8 Å². The highest BCUT2D eigenvalue weighted by Crippen LogP contribution is 2.66. The summed E-state index contributed by atoms with van der Waals surface area (Å²) < 4.78 is 4.78. The molecule has 3 saturated heterocycles. The number of benzene rings is 1. The number of amides is 2. The summed E-state index contributed by atoms with van der Waals surface area (Å²) in [5, 5.41) is 12.2. The highest BCUT2D eigenvalue weighted by atomic mass is 32.2. The van der Waals surface area contributed by atoms with Crippen LogP contribution in [0.25, 0.3) is 0 Å². The number of carbonyl (C=O) groups is 3. The van der Waals surface area contributed by atoms with Crippen molar-refractivity contribution in [1.29, 1.82) is 0 Å². The Hall–Kier alpha value is -2.26. The highest BCUT2D eigenvalue weighted by molar-refractivity contribution is 8.02. The normalized spacial score (nSPS) is 27.9. The molecule has 2 N–H and O–H groups in total. The minimum Gasteiger partial charge on any atom is -0.466 e. The molecule has 3 aliphatic heterocycles. The lowest BCUT2D eigenvalue weighted by atomic mass is 9.71. The van der Waals surface area contributed by atoms with Crippen LogP contribution in [-0.4, -0.2) is 76.7 Å². The largest absolute Gasteiger partial charge is 0.466 e. The standard InChI is InChI=1S/C28H41N3O5S/c1-4-30(5-2)20-13-11-19(12-14-20)29-25(33)24-28-16-15-21(37-28)22(27(35)36-6-3)23(28)26(34)31(24)17-9-7-8-10-18-32/h11-14,21-24,32H,4-10,15-18H2,1-3H3,(H,29,33)/t21-,22+,23-,24?,28?/m0/s1. The number of carbonyl (C=O) groups excluding carboxylic acids is 3. The van der Waals surface area contributed by atoms with Crippen molar-refractivity contribution >= 4 is 40.9 Å². The van der Waals surface area contributed by atoms with E-state index in [0.717, 1.165) is 57.3 Å². The summed E-state index contributed by atoms with van der Waals surface area (Å²) in [6, 6.07) is 7.22. The minimum atomic E-state index is -0.625. The summed E-state index contributed by atoms with van der Waals surface area (Å²) in [6.45, 7) is 8.73. The molecule has 2 amide bonds. The van der Waals surface area contributed by atoms with Crippen molar-refractivity contribution in [1.82, 2.24) is 4.90 Å². The Kier molecular flexibility index (Phi) is 9.06. The topological polar surface area (TPSA) is 99.2 Å². The molecule has 3 heterocycles. The van der Waals surface area contributed by atoms with E-state index in [2.05, 4.69) is 24.1 Å². The minimum absolute atomic E-state index is 0.0170. The van der Waals surface area contributed by atoms with Crippen molar-refractivity contribution in [2.45, 2.75) is 75.3 Å². The van der Waals surface area contributed by atoms with E-state index >= 15 is 0 Å². The number of unbranched alkanes of at least 4 members (excludes halogenated alkanes) is 3. The Labute approximate surface area is 224 Å². The maximum atomic E-state index is 13.9. The van der Waals surface area contributed by atoms with E-state index in [-0.39, 0.29) is 36.2 Å². The number of hydrogen-bond acceptors (Lipinski definition) is 7. The molecule has 1 spiro atoms. The van der Waals surface area contributed by atoms with Crippen molar-refractivity contribution in [2.75, 3.05) is 43.1 Å². The van der Waals surface area contributed by atoms with Gasteiger partial charge in [-0.25, -0.2) is 0 Å². The van der Waals surface area contributed by atoms with Crippen LogP contribution in [0.15, 0.2) is 24.3 Å². The second-order valence-corrected chi connectivity index (χ2v) is 11.8. The molecule has 1 aromatic rings. The Morgan fingerprint density at radius 1 is 1.14 bits per heavy atom. The fourth-order valence-electron chi connectivity index (χ4n) is 6.50. The molecule has 204 valence electrons. The molecule has 1 aromatic carbocycles. The molecule has 9 heteroatoms. The molecule has 5 atom stereocenters. The van der Waals surface area contributed by atoms with Gasteiger partial charge in [0, 0.05) is 42.9 Å². The van der Waals surface area contributed by atoms with Crippen molar-refractivity contribution in [2.24, 2.45) is 11.8 Å². The van der Waals surface area contributed by atoms with E-state index in [0.29, 0.717) is 12.2 Å². The fraction of sp³-hybridized carbons (Fsp3) is 0.679. The van der Waals surface area contributed by atoms with Gasteiger partial charge in [0.15, 0.2) is 0 Å². The molecule has 2 unspecified atom stereocenters. The van der Waals surface area contributed by atoms with Gasteiger partial charge in [-0.2, -0.15) is 0 Å². The van der Waals surface area contributed by atoms with Gasteiger partial charge in [0.1, 0.15) is 6.04 Å². The third-order valence-corrected chi connectivity index (χ3v) is 10.1. The molecule has 0 aromatic heterocycles. The van der Waals surface area contributed by atoms with Gasteiger partial charge in [-0.3, -0.25) is 14.4 Å². The van der Waals surface area contributed by atoms with E-state index in [4.69, 9.17) is 9.84 Å². The van der Waals surface area contributed by atoms with E-state index in [1.165, 1.54) is 0 Å². The average molecular weight is 532 g/mol. The Bertz CT molecular complexity index is 969. The number of aliphatic hydroxyl groups is 1. The van der Waals surface area contributed by atoms with Crippen LogP contribution in [0.2, 0.25) is 0 Å². The molecule has 4 rings (SSSR count). The van der Waals surface area contributed by atoms with Gasteiger partial charge in [-0.05, 0) is 70.7 Å². The first-order valence-electron chi connectivity index (χ1n) is 13.8. The highest BCUT2D eigenvalue weighted by Gasteiger charge is 2.73. The van der Waals surface area contributed by atoms with Gasteiger partial charge >= 0.3 is 5.97 Å². The number of thioether (sulfide) groups is 1. The lowest BCUT2D eigenvalue weighted by Gasteiger charge is -2.34. The Morgan fingerprint density at radius 3 is 2.49 bits per heavy atom. The average Bonchev–Trinajstić information content (AvgIpc) is 3.53. The van der Waals surface area contributed by atoms with Gasteiger partial charge in [0.25, 0.3) is 0 Å². The number of rotatable bonds is 13. The van der Waals surface area contributed by atoms with Gasteiger partial charge in [-0.15, -0.1) is 11.8 Å². The van der Waals surface area contributed by atoms with Crippen LogP contribution in [0.4, 0.5) is 11.4 Å². The summed E-state index contributed by atoms with van der Waals surface area (Å²) in [6.07, 6.45) is 4.80. The number of ether oxygens (including phenoxy) is 1. The summed E-state index contributed by atoms with van der Waals surface area (Å²) in [4.78, 5) is 44.6. The van der Waals surface area contributed by atoms with E-state index in [1.54, 1.807) is 23.6 Å². The second kappa shape index (κ2) is 12.1. The lowest BCUT2D eigenvalue weighted by molar-refractivity contribution is -0.153. The second-order valence-electron chi connectivity index (χ2n) is 10.2. The van der Waals surface area contributed by atoms with Crippen LogP contribution in [0.3, 0.4) is 0 Å². The van der Waals surface area contributed by atoms with Crippen LogP contribution in [0.5, 0.6) is 0 Å². The summed E-state index contributed by atoms with van der Waals surface area (Å²) in [5.74, 6) is -1.59. The third kappa shape index (κ3) is 5.21. The number of aliphatic hydroxyl groups excluding tert-OH is 1. The van der Waals surface area contributed by atoms with E-state index in [9.17, 15) is 14.4 Å². The quantitative estimate of drug-likeness (QED) is 0.296. The summed E-state index contributed by atoms with van der Waals surface area (Å²) >= 11 is 1.66. The van der Waals surface area contributed by atoms with Crippen molar-refractivity contribution in [3.8, 4) is 0 Å². The molecule has 37 heavy (non-hydrogen) atoms. The maximum Gasteiger partial charge on any atom is 0.310 e. The van der Waals surface area contributed by atoms with Crippen LogP contribution in [-0.2, 0) is 19.1 Å². The number of nitrogens with one attached hydrogen (secondary N) is 1. The molecule has 8 nitrogen and oxygen atoms in total. The first-order chi connectivity index (χ1) is 17.9. The molecular formula is C28H41N3O5S. The van der Waals surface area contributed by atoms with Crippen LogP contribution >= 0.6 is 11.8 Å². The molecule has 0 saturated carbocycles. The van der Waals surface area contributed by atoms with Crippen molar-refractivity contribution in [3.05, 3.63) is 24.3 Å². The van der Waals surface area contributed by atoms with Gasteiger partial charge < -0.3 is 25.0 Å². The molecule has 3 aliphatic rings. The molecule has 0 radical (unpaired) electrons. The molecular weight excluding hydrogens is 490 g/mol. The van der Waals surface area contributed by atoms with Crippen molar-refractivity contribution < 1.29 is 24.2 Å². The van der Waals surface area contributed by atoms with E-state index < -0.39 is 22.6 Å². The number of hydrogen-bond donors (Lipinski definition) is 2. The molecule has 3 fully saturated rings. The zero-order valence-electron chi connectivity index (χ0n) is 22.3. The predicted molar refractivity (Wildman–Crippen MR) is 147 cm³/mol. The maximum absolute atomic E-state index is 13.9. The zero-order valence-corrected chi connectivity index (χ0v) is 23.1. The Balaban J connectivity index is 1.57. The number of esters is 1. The van der Waals surface area contributed by atoms with E-state index in [1.807, 2.05) is 24.3 Å². The SMILES string of the molecule is CCOC(=O)[C@@H]1[C@@H]2CCC3(S2)C(C(=O)Nc2ccc(N(CC)CC)cc2)N(CCCCCCO)C(=O)[C@H]13. The summed E-state index contributed by atoms with van der Waals surface area (Å²) in [5.41, 5.74) is 1.81. The van der Waals surface area contributed by atoms with Crippen LogP contribution < -0.4 is 10.2 Å². The lowest BCUT2D eigenvalue weighted by Crippen LogP contribution is -2.51. The first kappa shape index (κ1) is 27.8. The monoisotopic (exact) mass is 531 g/mol. The number of fused-ring (bicyclic) bond motifs is 1. The third-order valence-electron chi connectivity index (χ3n) is 8.18. The number of likely N-dealkylation sites (tertiary alicyclic amines) is 1. The van der Waals surface area contributed by atoms with Crippen LogP contribution in [0, 0.1) is 11.8 Å². The van der Waals surface area contributed by atoms with Gasteiger partial charge in [0.05, 0.1) is 23.2 Å². The molecule has 0 aliphatic carbocycles. The number of nitrogens with zero attached hydrogens (tertiary/aromatic N) is 2. The fourth-order valence-corrected chi connectivity index (χ4v) is 8.71. The summed E-state index contributed by atoms with van der Waals surface area (Å²) in [7, 11) is 0. The van der Waals surface area contributed by atoms with Crippen molar-refractivity contribution in [3.63, 3.8) is 0 Å². The zero-order chi connectivity index (χ0) is 26.6. The number of anilines is 2. The smallest absolute Gasteiger partial charge is 0.310 e. The van der Waals surface area contributed by atoms with Crippen LogP contribution in [0.1, 0.15) is 59.3 Å². The Morgan fingerprint density at radius 2 is 1.84 bits per heavy atom. The predicted octanol–water partition coefficient (Wildman–Crippen LogP) is 3.68. The van der Waals surface area contributed by atoms with Gasteiger partial charge in [0.2, 0.25) is 11.8 Å².